The molecule has 6 nitrogen and oxygen atoms in total. The Balaban J connectivity index is 1.70. The molecule has 2 rings (SSSR count). The Morgan fingerprint density at radius 1 is 1.47 bits per heavy atom. The molecule has 6 heteroatoms. The van der Waals surface area contributed by atoms with Crippen molar-refractivity contribution < 1.29 is 18.8 Å². The van der Waals surface area contributed by atoms with E-state index in [-0.39, 0.29) is 18.0 Å². The summed E-state index contributed by atoms with van der Waals surface area (Å²) in [5.74, 6) is 0.478. The van der Waals surface area contributed by atoms with Crippen LogP contribution in [0, 0.1) is 5.92 Å². The van der Waals surface area contributed by atoms with E-state index in [9.17, 15) is 4.79 Å². The highest BCUT2D eigenvalue weighted by Gasteiger charge is 2.27. The van der Waals surface area contributed by atoms with Gasteiger partial charge in [0.1, 0.15) is 6.61 Å². The molecule has 0 spiro atoms. The van der Waals surface area contributed by atoms with Gasteiger partial charge in [-0.2, -0.15) is 4.98 Å². The van der Waals surface area contributed by atoms with Gasteiger partial charge in [0.25, 0.3) is 0 Å². The molecule has 1 aliphatic rings. The van der Waals surface area contributed by atoms with Gasteiger partial charge in [0.15, 0.2) is 5.82 Å². The molecule has 94 valence electrons. The third kappa shape index (κ3) is 3.26. The Morgan fingerprint density at radius 3 is 2.82 bits per heavy atom. The summed E-state index contributed by atoms with van der Waals surface area (Å²) in [6, 6.07) is 0. The van der Waals surface area contributed by atoms with Gasteiger partial charge in [0.2, 0.25) is 6.39 Å². The van der Waals surface area contributed by atoms with Crippen molar-refractivity contribution in [2.45, 2.75) is 38.4 Å². The average molecular weight is 240 g/mol. The monoisotopic (exact) mass is 240 g/mol. The second kappa shape index (κ2) is 5.77. The number of carbonyl (C=O) groups is 1. The number of rotatable bonds is 4. The van der Waals surface area contributed by atoms with E-state index in [1.807, 2.05) is 0 Å². The maximum Gasteiger partial charge on any atom is 0.308 e. The second-order valence-corrected chi connectivity index (χ2v) is 4.16. The SMILES string of the molecule is COC(=O)C1CCC(OCc2ncon2)CC1. The van der Waals surface area contributed by atoms with Crippen LogP contribution in [-0.2, 0) is 20.9 Å². The highest BCUT2D eigenvalue weighted by atomic mass is 16.5. The molecule has 0 unspecified atom stereocenters. The van der Waals surface area contributed by atoms with Gasteiger partial charge in [-0.15, -0.1) is 0 Å². The lowest BCUT2D eigenvalue weighted by Crippen LogP contribution is -2.27. The zero-order valence-electron chi connectivity index (χ0n) is 9.80. The number of aromatic nitrogens is 2. The molecule has 0 atom stereocenters. The predicted molar refractivity (Wildman–Crippen MR) is 56.8 cm³/mol. The Labute approximate surface area is 99.3 Å². The van der Waals surface area contributed by atoms with Crippen molar-refractivity contribution in [1.82, 2.24) is 10.1 Å². The summed E-state index contributed by atoms with van der Waals surface area (Å²) in [5, 5.41) is 3.67. The molecule has 0 saturated heterocycles. The maximum atomic E-state index is 11.3. The van der Waals surface area contributed by atoms with E-state index >= 15 is 0 Å². The lowest BCUT2D eigenvalue weighted by Gasteiger charge is -2.26. The molecule has 1 fully saturated rings. The first-order valence-electron chi connectivity index (χ1n) is 5.74. The number of methoxy groups -OCH3 is 1. The Kier molecular flexibility index (Phi) is 4.08. The van der Waals surface area contributed by atoms with Crippen LogP contribution in [0.4, 0.5) is 0 Å². The molecule has 1 saturated carbocycles. The topological polar surface area (TPSA) is 74.5 Å². The molecule has 0 N–H and O–H groups in total. The third-order valence-corrected chi connectivity index (χ3v) is 3.06. The van der Waals surface area contributed by atoms with Crippen LogP contribution in [0.2, 0.25) is 0 Å². The third-order valence-electron chi connectivity index (χ3n) is 3.06. The molecule has 0 aromatic carbocycles. The minimum Gasteiger partial charge on any atom is -0.469 e. The number of nitrogens with zero attached hydrogens (tertiary/aromatic N) is 2. The molecule has 0 aliphatic heterocycles. The second-order valence-electron chi connectivity index (χ2n) is 4.16. The van der Waals surface area contributed by atoms with Gasteiger partial charge >= 0.3 is 5.97 Å². The summed E-state index contributed by atoms with van der Waals surface area (Å²) in [7, 11) is 1.43. The van der Waals surface area contributed by atoms with Crippen molar-refractivity contribution in [1.29, 1.82) is 0 Å². The summed E-state index contributed by atoms with van der Waals surface area (Å²) < 4.78 is 15.0. The number of esters is 1. The number of carbonyl (C=O) groups excluding carboxylic acids is 1. The highest BCUT2D eigenvalue weighted by Crippen LogP contribution is 2.27. The summed E-state index contributed by atoms with van der Waals surface area (Å²) in [5.41, 5.74) is 0. The van der Waals surface area contributed by atoms with E-state index in [2.05, 4.69) is 14.7 Å². The van der Waals surface area contributed by atoms with Crippen LogP contribution in [0.5, 0.6) is 0 Å². The van der Waals surface area contributed by atoms with Crippen molar-refractivity contribution in [2.24, 2.45) is 5.92 Å². The summed E-state index contributed by atoms with van der Waals surface area (Å²) in [6.45, 7) is 0.365. The van der Waals surface area contributed by atoms with Crippen molar-refractivity contribution in [3.05, 3.63) is 12.2 Å². The van der Waals surface area contributed by atoms with Crippen LogP contribution in [0.3, 0.4) is 0 Å². The summed E-state index contributed by atoms with van der Waals surface area (Å²) in [6.07, 6.45) is 4.85. The molecular formula is C11H16N2O4. The Hall–Kier alpha value is -1.43. The highest BCUT2D eigenvalue weighted by molar-refractivity contribution is 5.72. The largest absolute Gasteiger partial charge is 0.469 e. The summed E-state index contributed by atoms with van der Waals surface area (Å²) in [4.78, 5) is 15.2. The van der Waals surface area contributed by atoms with Crippen LogP contribution >= 0.6 is 0 Å². The van der Waals surface area contributed by atoms with Crippen molar-refractivity contribution in [3.8, 4) is 0 Å². The van der Waals surface area contributed by atoms with E-state index in [4.69, 9.17) is 9.47 Å². The normalized spacial score (nSPS) is 24.5. The van der Waals surface area contributed by atoms with E-state index in [0.29, 0.717) is 12.4 Å². The van der Waals surface area contributed by atoms with Crippen LogP contribution in [0.15, 0.2) is 10.9 Å². The van der Waals surface area contributed by atoms with Crippen LogP contribution in [0.25, 0.3) is 0 Å². The van der Waals surface area contributed by atoms with Gasteiger partial charge < -0.3 is 14.0 Å². The fraction of sp³-hybridized carbons (Fsp3) is 0.727. The fourth-order valence-electron chi connectivity index (χ4n) is 2.08. The molecule has 1 aromatic rings. The van der Waals surface area contributed by atoms with E-state index in [1.165, 1.54) is 13.5 Å². The molecule has 0 bridgehead atoms. The van der Waals surface area contributed by atoms with Gasteiger partial charge in [-0.25, -0.2) is 0 Å². The van der Waals surface area contributed by atoms with E-state index in [0.717, 1.165) is 25.7 Å². The molecular weight excluding hydrogens is 224 g/mol. The Bertz CT molecular complexity index is 344. The van der Waals surface area contributed by atoms with E-state index in [1.54, 1.807) is 0 Å². The molecule has 1 aromatic heterocycles. The lowest BCUT2D eigenvalue weighted by atomic mass is 9.87. The Morgan fingerprint density at radius 2 is 2.24 bits per heavy atom. The first-order valence-corrected chi connectivity index (χ1v) is 5.74. The molecule has 1 heterocycles. The van der Waals surface area contributed by atoms with Gasteiger partial charge in [0, 0.05) is 0 Å². The van der Waals surface area contributed by atoms with E-state index < -0.39 is 0 Å². The molecule has 0 radical (unpaired) electrons. The zero-order chi connectivity index (χ0) is 12.1. The minimum atomic E-state index is -0.110. The first kappa shape index (κ1) is 12.0. The molecule has 1 aliphatic carbocycles. The maximum absolute atomic E-state index is 11.3. The lowest BCUT2D eigenvalue weighted by molar-refractivity contribution is -0.147. The minimum absolute atomic E-state index is 0.0324. The summed E-state index contributed by atoms with van der Waals surface area (Å²) >= 11 is 0. The molecule has 17 heavy (non-hydrogen) atoms. The van der Waals surface area contributed by atoms with Gasteiger partial charge in [-0.1, -0.05) is 5.16 Å². The standard InChI is InChI=1S/C11H16N2O4/c1-15-11(14)8-2-4-9(5-3-8)16-6-10-12-7-17-13-10/h7-9H,2-6H2,1H3. The van der Waals surface area contributed by atoms with Crippen molar-refractivity contribution in [2.75, 3.05) is 7.11 Å². The predicted octanol–water partition coefficient (Wildman–Crippen LogP) is 1.32. The van der Waals surface area contributed by atoms with Crippen LogP contribution in [-0.4, -0.2) is 29.3 Å². The number of ether oxygens (including phenoxy) is 2. The smallest absolute Gasteiger partial charge is 0.308 e. The number of hydrogen-bond donors (Lipinski definition) is 0. The quantitative estimate of drug-likeness (QED) is 0.739. The van der Waals surface area contributed by atoms with Crippen LogP contribution < -0.4 is 0 Å². The molecule has 0 amide bonds. The average Bonchev–Trinajstić information content (AvgIpc) is 2.89. The van der Waals surface area contributed by atoms with Crippen molar-refractivity contribution >= 4 is 5.97 Å². The fourth-order valence-corrected chi connectivity index (χ4v) is 2.08. The zero-order valence-corrected chi connectivity index (χ0v) is 9.80. The van der Waals surface area contributed by atoms with Gasteiger partial charge in [-0.05, 0) is 25.7 Å². The van der Waals surface area contributed by atoms with Crippen LogP contribution in [0.1, 0.15) is 31.5 Å². The van der Waals surface area contributed by atoms with Gasteiger partial charge in [-0.3, -0.25) is 4.79 Å². The van der Waals surface area contributed by atoms with Gasteiger partial charge in [0.05, 0.1) is 19.1 Å². The van der Waals surface area contributed by atoms with Crippen molar-refractivity contribution in [3.63, 3.8) is 0 Å². The first-order chi connectivity index (χ1) is 8.29. The number of hydrogen-bond acceptors (Lipinski definition) is 6.